The second-order valence-electron chi connectivity index (χ2n) is 17.2. The molecule has 0 bridgehead atoms. The van der Waals surface area contributed by atoms with Crippen molar-refractivity contribution in [3.63, 3.8) is 0 Å². The highest BCUT2D eigenvalue weighted by molar-refractivity contribution is 6.19. The highest BCUT2D eigenvalue weighted by atomic mass is 16.3. The third-order valence-corrected chi connectivity index (χ3v) is 13.6. The van der Waals surface area contributed by atoms with E-state index < -0.39 is 0 Å². The van der Waals surface area contributed by atoms with Crippen LogP contribution in [0.25, 0.3) is 115 Å². The van der Waals surface area contributed by atoms with Crippen LogP contribution in [0.1, 0.15) is 0 Å². The molecule has 4 heteroatoms. The summed E-state index contributed by atoms with van der Waals surface area (Å²) in [5.41, 5.74) is 14.7. The number of para-hydroxylation sites is 3. The maximum atomic E-state index is 6.78. The summed E-state index contributed by atoms with van der Waals surface area (Å²) in [4.78, 5) is 2.40. The largest absolute Gasteiger partial charge is 0.455 e. The van der Waals surface area contributed by atoms with Gasteiger partial charge in [-0.2, -0.15) is 0 Å². The minimum atomic E-state index is 0.887. The molecule has 3 aromatic heterocycles. The highest BCUT2D eigenvalue weighted by Gasteiger charge is 2.22. The average molecular weight is 843 g/mol. The first-order valence-corrected chi connectivity index (χ1v) is 22.5. The lowest BCUT2D eigenvalue weighted by atomic mass is 10.00. The summed E-state index contributed by atoms with van der Waals surface area (Å²) >= 11 is 0. The molecule has 11 aromatic carbocycles. The lowest BCUT2D eigenvalue weighted by Crippen LogP contribution is -2.10. The fourth-order valence-corrected chi connectivity index (χ4v) is 10.5. The first-order valence-electron chi connectivity index (χ1n) is 22.5. The molecular weight excluding hydrogens is 805 g/mol. The number of furan rings is 2. The summed E-state index contributed by atoms with van der Waals surface area (Å²) < 4.78 is 15.8. The summed E-state index contributed by atoms with van der Waals surface area (Å²) in [7, 11) is 0. The van der Waals surface area contributed by atoms with E-state index in [-0.39, 0.29) is 0 Å². The Hall–Kier alpha value is -8.86. The smallest absolute Gasteiger partial charge is 0.143 e. The van der Waals surface area contributed by atoms with Crippen LogP contribution in [-0.4, -0.2) is 4.57 Å². The highest BCUT2D eigenvalue weighted by Crippen LogP contribution is 2.46. The van der Waals surface area contributed by atoms with Crippen LogP contribution in [0, 0.1) is 0 Å². The van der Waals surface area contributed by atoms with Crippen molar-refractivity contribution < 1.29 is 8.83 Å². The van der Waals surface area contributed by atoms with Crippen molar-refractivity contribution in [1.29, 1.82) is 0 Å². The molecule has 0 aliphatic carbocycles. The van der Waals surface area contributed by atoms with Crippen molar-refractivity contribution in [3.8, 4) is 27.9 Å². The van der Waals surface area contributed by atoms with Gasteiger partial charge in [0.1, 0.15) is 22.3 Å². The van der Waals surface area contributed by atoms with Crippen LogP contribution in [0.15, 0.2) is 239 Å². The fourth-order valence-electron chi connectivity index (χ4n) is 10.5. The van der Waals surface area contributed by atoms with E-state index in [0.29, 0.717) is 0 Å². The molecule has 14 aromatic rings. The summed E-state index contributed by atoms with van der Waals surface area (Å²) in [5.74, 6) is 0. The van der Waals surface area contributed by atoms with E-state index in [0.717, 1.165) is 111 Å². The van der Waals surface area contributed by atoms with Gasteiger partial charge in [0.25, 0.3) is 0 Å². The van der Waals surface area contributed by atoms with Crippen molar-refractivity contribution in [3.05, 3.63) is 231 Å². The Labute approximate surface area is 379 Å². The first kappa shape index (κ1) is 36.6. The fraction of sp³-hybridized carbons (Fsp3) is 0. The molecular formula is C62H38N2O2. The van der Waals surface area contributed by atoms with Gasteiger partial charge in [-0.1, -0.05) is 152 Å². The van der Waals surface area contributed by atoms with Gasteiger partial charge in [-0.25, -0.2) is 0 Å². The van der Waals surface area contributed by atoms with Crippen molar-refractivity contribution in [1.82, 2.24) is 4.57 Å². The molecule has 0 saturated carbocycles. The SMILES string of the molecule is c1ccc(-n2c3ccccc3c3c(N(c4ccc(-c5ccc6c(c5)oc5c7ccccc7ccc65)cc4)c4ccc(-c5cccc6c5oc5c7ccccc7ccc65)cc4)cccc32)cc1. The molecule has 66 heavy (non-hydrogen) atoms. The predicted octanol–water partition coefficient (Wildman–Crippen LogP) is 17.7. The number of nitrogens with zero attached hydrogens (tertiary/aromatic N) is 2. The number of aromatic nitrogens is 1. The quantitative estimate of drug-likeness (QED) is 0.167. The van der Waals surface area contributed by atoms with E-state index in [1.807, 2.05) is 0 Å². The number of benzene rings is 11. The second-order valence-corrected chi connectivity index (χ2v) is 17.2. The van der Waals surface area contributed by atoms with E-state index in [2.05, 4.69) is 240 Å². The van der Waals surface area contributed by atoms with Crippen LogP contribution >= 0.6 is 0 Å². The summed E-state index contributed by atoms with van der Waals surface area (Å²) in [6, 6.07) is 82.7. The van der Waals surface area contributed by atoms with E-state index in [9.17, 15) is 0 Å². The van der Waals surface area contributed by atoms with Crippen LogP contribution in [0.3, 0.4) is 0 Å². The first-order chi connectivity index (χ1) is 32.7. The molecule has 0 spiro atoms. The molecule has 0 atom stereocenters. The minimum Gasteiger partial charge on any atom is -0.455 e. The van der Waals surface area contributed by atoms with E-state index in [1.165, 1.54) is 21.5 Å². The molecule has 0 N–H and O–H groups in total. The minimum absolute atomic E-state index is 0.887. The molecule has 14 rings (SSSR count). The Morgan fingerprint density at radius 2 is 0.879 bits per heavy atom. The molecule has 3 heterocycles. The molecule has 0 aliphatic heterocycles. The van der Waals surface area contributed by atoms with E-state index >= 15 is 0 Å². The van der Waals surface area contributed by atoms with Crippen molar-refractivity contribution in [2.24, 2.45) is 0 Å². The van der Waals surface area contributed by atoms with Gasteiger partial charge in [-0.15, -0.1) is 0 Å². The van der Waals surface area contributed by atoms with E-state index in [4.69, 9.17) is 8.83 Å². The summed E-state index contributed by atoms with van der Waals surface area (Å²) in [6.45, 7) is 0. The van der Waals surface area contributed by atoms with Crippen LogP contribution in [0.5, 0.6) is 0 Å². The van der Waals surface area contributed by atoms with Crippen LogP contribution in [0.2, 0.25) is 0 Å². The third kappa shape index (κ3) is 5.52. The molecule has 0 saturated heterocycles. The van der Waals surface area contributed by atoms with Crippen molar-refractivity contribution >= 4 is 104 Å². The Bertz CT molecular complexity index is 4210. The normalized spacial score (nSPS) is 11.9. The maximum Gasteiger partial charge on any atom is 0.143 e. The lowest BCUT2D eigenvalue weighted by molar-refractivity contribution is 0.672. The Balaban J connectivity index is 0.921. The van der Waals surface area contributed by atoms with Crippen LogP contribution in [-0.2, 0) is 0 Å². The zero-order valence-electron chi connectivity index (χ0n) is 35.7. The molecule has 0 radical (unpaired) electrons. The van der Waals surface area contributed by atoms with Gasteiger partial charge in [0, 0.05) is 65.7 Å². The Morgan fingerprint density at radius 1 is 0.333 bits per heavy atom. The van der Waals surface area contributed by atoms with Gasteiger partial charge < -0.3 is 18.3 Å². The zero-order valence-corrected chi connectivity index (χ0v) is 35.7. The van der Waals surface area contributed by atoms with E-state index in [1.54, 1.807) is 0 Å². The van der Waals surface area contributed by atoms with Gasteiger partial charge in [0.05, 0.1) is 16.7 Å². The second kappa shape index (κ2) is 14.3. The molecule has 0 amide bonds. The van der Waals surface area contributed by atoms with Crippen LogP contribution < -0.4 is 4.90 Å². The van der Waals surface area contributed by atoms with Gasteiger partial charge in [0.2, 0.25) is 0 Å². The van der Waals surface area contributed by atoms with Gasteiger partial charge in [-0.3, -0.25) is 0 Å². The monoisotopic (exact) mass is 842 g/mol. The molecule has 308 valence electrons. The number of rotatable bonds is 6. The van der Waals surface area contributed by atoms with Crippen molar-refractivity contribution in [2.45, 2.75) is 0 Å². The molecule has 0 fully saturated rings. The standard InChI is InChI=1S/C62H38N2O2/c1-2-14-44(15-3-1)64-55-21-9-8-18-54(55)59-56(22-11-23-57(59)64)63(45-31-24-39(25-32-45)43-30-35-50-52-36-28-40-12-4-6-16-47(40)60(52)65-58(50)38-43)46-33-26-42(27-34-46)49-19-10-20-51-53-37-29-41-13-5-7-17-48(41)62(53)66-61(49)51/h1-38H. The maximum absolute atomic E-state index is 6.78. The molecule has 0 aliphatic rings. The number of fused-ring (bicyclic) bond motifs is 13. The number of hydrogen-bond donors (Lipinski definition) is 0. The zero-order chi connectivity index (χ0) is 43.3. The summed E-state index contributed by atoms with van der Waals surface area (Å²) in [5, 5.41) is 11.5. The molecule has 0 unspecified atom stereocenters. The average Bonchev–Trinajstić information content (AvgIpc) is 4.07. The van der Waals surface area contributed by atoms with Gasteiger partial charge >= 0.3 is 0 Å². The van der Waals surface area contributed by atoms with Crippen LogP contribution in [0.4, 0.5) is 17.1 Å². The topological polar surface area (TPSA) is 34.5 Å². The Kier molecular flexibility index (Phi) is 7.95. The van der Waals surface area contributed by atoms with Crippen molar-refractivity contribution in [2.75, 3.05) is 4.90 Å². The van der Waals surface area contributed by atoms with Gasteiger partial charge in [0.15, 0.2) is 0 Å². The number of hydrogen-bond acceptors (Lipinski definition) is 3. The third-order valence-electron chi connectivity index (χ3n) is 13.6. The summed E-state index contributed by atoms with van der Waals surface area (Å²) in [6.07, 6.45) is 0. The van der Waals surface area contributed by atoms with Gasteiger partial charge in [-0.05, 0) is 106 Å². The number of anilines is 3. The predicted molar refractivity (Wildman–Crippen MR) is 276 cm³/mol. The molecule has 4 nitrogen and oxygen atoms in total. The Morgan fingerprint density at radius 3 is 1.62 bits per heavy atom. The lowest BCUT2D eigenvalue weighted by Gasteiger charge is -2.27.